The van der Waals surface area contributed by atoms with E-state index >= 15 is 0 Å². The molecule has 1 aliphatic heterocycles. The lowest BCUT2D eigenvalue weighted by Gasteiger charge is -2.17. The standard InChI is InChI=1S/C10H10BrClN2O/c1-6-2-9(12)13-4-8(6)14-5-7(11)3-10(14)15/h2,4,7H,3,5H2,1H3. The second-order valence-corrected chi connectivity index (χ2v) is 5.28. The second kappa shape index (κ2) is 4.10. The van der Waals surface area contributed by atoms with Crippen molar-refractivity contribution in [1.82, 2.24) is 4.98 Å². The molecule has 2 rings (SSSR count). The summed E-state index contributed by atoms with van der Waals surface area (Å²) in [6.45, 7) is 2.63. The first-order valence-corrected chi connectivity index (χ1v) is 5.94. The van der Waals surface area contributed by atoms with E-state index in [4.69, 9.17) is 11.6 Å². The van der Waals surface area contributed by atoms with Crippen molar-refractivity contribution in [3.8, 4) is 0 Å². The minimum atomic E-state index is 0.129. The predicted molar refractivity (Wildman–Crippen MR) is 63.7 cm³/mol. The lowest BCUT2D eigenvalue weighted by molar-refractivity contribution is -0.117. The molecule has 0 radical (unpaired) electrons. The minimum absolute atomic E-state index is 0.129. The predicted octanol–water partition coefficient (Wildman–Crippen LogP) is 2.54. The molecule has 1 aromatic heterocycles. The van der Waals surface area contributed by atoms with Crippen LogP contribution in [-0.4, -0.2) is 22.3 Å². The van der Waals surface area contributed by atoms with Gasteiger partial charge in [-0.25, -0.2) is 4.98 Å². The Bertz CT molecular complexity index is 410. The van der Waals surface area contributed by atoms with Gasteiger partial charge >= 0.3 is 0 Å². The molecular formula is C10H10BrClN2O. The highest BCUT2D eigenvalue weighted by atomic mass is 79.9. The molecule has 1 atom stereocenters. The second-order valence-electron chi connectivity index (χ2n) is 3.60. The van der Waals surface area contributed by atoms with E-state index in [0.29, 0.717) is 18.1 Å². The number of nitrogens with zero attached hydrogens (tertiary/aromatic N) is 2. The third kappa shape index (κ3) is 2.16. The fraction of sp³-hybridized carbons (Fsp3) is 0.400. The molecule has 1 aliphatic rings. The van der Waals surface area contributed by atoms with E-state index in [-0.39, 0.29) is 10.7 Å². The highest BCUT2D eigenvalue weighted by molar-refractivity contribution is 9.09. The Morgan fingerprint density at radius 1 is 1.67 bits per heavy atom. The summed E-state index contributed by atoms with van der Waals surface area (Å²) in [5.74, 6) is 0.129. The van der Waals surface area contributed by atoms with Gasteiger partial charge < -0.3 is 4.90 Å². The SMILES string of the molecule is Cc1cc(Cl)ncc1N1CC(Br)CC1=O. The quantitative estimate of drug-likeness (QED) is 0.588. The molecule has 1 amide bonds. The number of anilines is 1. The molecule has 5 heteroatoms. The van der Waals surface area contributed by atoms with Crippen LogP contribution in [0.2, 0.25) is 5.15 Å². The van der Waals surface area contributed by atoms with Crippen LogP contribution in [0.5, 0.6) is 0 Å². The summed E-state index contributed by atoms with van der Waals surface area (Å²) < 4.78 is 0. The number of alkyl halides is 1. The van der Waals surface area contributed by atoms with Crippen LogP contribution in [0.25, 0.3) is 0 Å². The number of hydrogen-bond donors (Lipinski definition) is 0. The zero-order valence-corrected chi connectivity index (χ0v) is 10.5. The number of halogens is 2. The molecule has 0 N–H and O–H groups in total. The summed E-state index contributed by atoms with van der Waals surface area (Å²) in [6, 6.07) is 1.77. The normalized spacial score (nSPS) is 21.1. The lowest BCUT2D eigenvalue weighted by atomic mass is 10.2. The number of rotatable bonds is 1. The molecule has 2 heterocycles. The maximum Gasteiger partial charge on any atom is 0.228 e. The summed E-state index contributed by atoms with van der Waals surface area (Å²) in [6.07, 6.45) is 2.20. The summed E-state index contributed by atoms with van der Waals surface area (Å²) in [4.78, 5) is 17.6. The average molecular weight is 290 g/mol. The van der Waals surface area contributed by atoms with Gasteiger partial charge in [-0.15, -0.1) is 0 Å². The molecule has 1 saturated heterocycles. The van der Waals surface area contributed by atoms with E-state index in [1.54, 1.807) is 17.2 Å². The largest absolute Gasteiger partial charge is 0.309 e. The number of carbonyl (C=O) groups excluding carboxylic acids is 1. The number of aromatic nitrogens is 1. The zero-order chi connectivity index (χ0) is 11.0. The molecule has 0 saturated carbocycles. The Kier molecular flexibility index (Phi) is 2.98. The Morgan fingerprint density at radius 3 is 2.93 bits per heavy atom. The van der Waals surface area contributed by atoms with Crippen molar-refractivity contribution < 1.29 is 4.79 Å². The number of aryl methyl sites for hydroxylation is 1. The maximum atomic E-state index is 11.7. The molecule has 0 bridgehead atoms. The van der Waals surface area contributed by atoms with E-state index < -0.39 is 0 Å². The van der Waals surface area contributed by atoms with Crippen LogP contribution >= 0.6 is 27.5 Å². The van der Waals surface area contributed by atoms with Crippen LogP contribution in [0.1, 0.15) is 12.0 Å². The van der Waals surface area contributed by atoms with Gasteiger partial charge in [-0.05, 0) is 18.6 Å². The molecule has 0 spiro atoms. The summed E-state index contributed by atoms with van der Waals surface area (Å²) in [5, 5.41) is 0.457. The van der Waals surface area contributed by atoms with Crippen molar-refractivity contribution >= 4 is 39.1 Å². The molecule has 0 aliphatic carbocycles. The molecule has 1 unspecified atom stereocenters. The van der Waals surface area contributed by atoms with Gasteiger partial charge in [-0.2, -0.15) is 0 Å². The topological polar surface area (TPSA) is 33.2 Å². The number of amides is 1. The molecule has 1 aromatic rings. The van der Waals surface area contributed by atoms with E-state index in [1.807, 2.05) is 6.92 Å². The smallest absolute Gasteiger partial charge is 0.228 e. The highest BCUT2D eigenvalue weighted by Gasteiger charge is 2.29. The van der Waals surface area contributed by atoms with Gasteiger partial charge in [0.25, 0.3) is 0 Å². The number of carbonyl (C=O) groups is 1. The van der Waals surface area contributed by atoms with Crippen molar-refractivity contribution in [3.63, 3.8) is 0 Å². The van der Waals surface area contributed by atoms with Crippen LogP contribution in [0, 0.1) is 6.92 Å². The van der Waals surface area contributed by atoms with Crippen LogP contribution in [0.15, 0.2) is 12.3 Å². The monoisotopic (exact) mass is 288 g/mol. The van der Waals surface area contributed by atoms with E-state index in [1.165, 1.54) is 0 Å². The molecule has 1 fully saturated rings. The van der Waals surface area contributed by atoms with Crippen molar-refractivity contribution in [2.75, 3.05) is 11.4 Å². The van der Waals surface area contributed by atoms with Gasteiger partial charge in [0.05, 0.1) is 11.9 Å². The Morgan fingerprint density at radius 2 is 2.40 bits per heavy atom. The van der Waals surface area contributed by atoms with E-state index in [2.05, 4.69) is 20.9 Å². The molecule has 0 aromatic carbocycles. The third-order valence-electron chi connectivity index (χ3n) is 2.42. The lowest BCUT2D eigenvalue weighted by Crippen LogP contribution is -2.25. The van der Waals surface area contributed by atoms with Gasteiger partial charge in [0.1, 0.15) is 5.15 Å². The maximum absolute atomic E-state index is 11.7. The summed E-state index contributed by atoms with van der Waals surface area (Å²) in [5.41, 5.74) is 1.83. The van der Waals surface area contributed by atoms with Gasteiger partial charge in [0, 0.05) is 17.8 Å². The number of pyridine rings is 1. The first-order valence-electron chi connectivity index (χ1n) is 4.64. The van der Waals surface area contributed by atoms with Gasteiger partial charge in [-0.1, -0.05) is 27.5 Å². The summed E-state index contributed by atoms with van der Waals surface area (Å²) in [7, 11) is 0. The van der Waals surface area contributed by atoms with Gasteiger partial charge in [0.2, 0.25) is 5.91 Å². The third-order valence-corrected chi connectivity index (χ3v) is 3.24. The van der Waals surface area contributed by atoms with Gasteiger partial charge in [0.15, 0.2) is 0 Å². The van der Waals surface area contributed by atoms with Crippen molar-refractivity contribution in [3.05, 3.63) is 23.0 Å². The van der Waals surface area contributed by atoms with Crippen LogP contribution in [0.4, 0.5) is 5.69 Å². The van der Waals surface area contributed by atoms with Crippen LogP contribution in [-0.2, 0) is 4.79 Å². The number of hydrogen-bond acceptors (Lipinski definition) is 2. The Labute approximate surface area is 102 Å². The Balaban J connectivity index is 2.34. The highest BCUT2D eigenvalue weighted by Crippen LogP contribution is 2.28. The average Bonchev–Trinajstić information content (AvgIpc) is 2.45. The molecular weight excluding hydrogens is 279 g/mol. The zero-order valence-electron chi connectivity index (χ0n) is 8.20. The minimum Gasteiger partial charge on any atom is -0.309 e. The molecule has 80 valence electrons. The van der Waals surface area contributed by atoms with Crippen LogP contribution in [0.3, 0.4) is 0 Å². The molecule has 3 nitrogen and oxygen atoms in total. The van der Waals surface area contributed by atoms with Crippen molar-refractivity contribution in [2.24, 2.45) is 0 Å². The Hall–Kier alpha value is -0.610. The fourth-order valence-electron chi connectivity index (χ4n) is 1.69. The van der Waals surface area contributed by atoms with Gasteiger partial charge in [-0.3, -0.25) is 4.79 Å². The summed E-state index contributed by atoms with van der Waals surface area (Å²) >= 11 is 9.21. The van der Waals surface area contributed by atoms with E-state index in [9.17, 15) is 4.79 Å². The first kappa shape index (κ1) is 10.9. The fourth-order valence-corrected chi connectivity index (χ4v) is 2.47. The van der Waals surface area contributed by atoms with Crippen molar-refractivity contribution in [2.45, 2.75) is 18.2 Å². The molecule has 15 heavy (non-hydrogen) atoms. The first-order chi connectivity index (χ1) is 7.08. The van der Waals surface area contributed by atoms with E-state index in [0.717, 1.165) is 11.3 Å². The van der Waals surface area contributed by atoms with Crippen LogP contribution < -0.4 is 4.90 Å². The van der Waals surface area contributed by atoms with Crippen molar-refractivity contribution in [1.29, 1.82) is 0 Å².